The number of hydrogen-bond acceptors (Lipinski definition) is 4. The van der Waals surface area contributed by atoms with Gasteiger partial charge in [-0.3, -0.25) is 9.69 Å². The van der Waals surface area contributed by atoms with Crippen LogP contribution in [0.2, 0.25) is 5.02 Å². The number of carbonyl (C=O) groups is 1. The average molecular weight is 492 g/mol. The minimum absolute atomic E-state index is 0.0669. The highest BCUT2D eigenvalue weighted by molar-refractivity contribution is 7.89. The van der Waals surface area contributed by atoms with Crippen LogP contribution in [0.4, 0.5) is 0 Å². The van der Waals surface area contributed by atoms with Crippen molar-refractivity contribution in [2.75, 3.05) is 26.2 Å². The van der Waals surface area contributed by atoms with Gasteiger partial charge in [0.25, 0.3) is 5.91 Å². The van der Waals surface area contributed by atoms with Crippen LogP contribution >= 0.6 is 11.6 Å². The molecule has 0 spiro atoms. The molecule has 180 valence electrons. The van der Waals surface area contributed by atoms with Crippen molar-refractivity contribution in [1.82, 2.24) is 14.5 Å². The Labute approximate surface area is 203 Å². The van der Waals surface area contributed by atoms with E-state index in [9.17, 15) is 13.2 Å². The second kappa shape index (κ2) is 11.5. The van der Waals surface area contributed by atoms with Crippen molar-refractivity contribution in [3.8, 4) is 0 Å². The SMILES string of the molecule is CCN(CC)S(=O)(=O)c1ccc(Cl)c(C(=O)NCc2ccc(CN3CCC(C)CC3)cc2)c1. The van der Waals surface area contributed by atoms with E-state index >= 15 is 0 Å². The van der Waals surface area contributed by atoms with Crippen LogP contribution in [-0.4, -0.2) is 49.7 Å². The lowest BCUT2D eigenvalue weighted by molar-refractivity contribution is 0.0951. The lowest BCUT2D eigenvalue weighted by Crippen LogP contribution is -2.32. The maximum atomic E-state index is 12.8. The van der Waals surface area contributed by atoms with E-state index < -0.39 is 15.9 Å². The predicted octanol–water partition coefficient (Wildman–Crippen LogP) is 4.53. The Balaban J connectivity index is 1.62. The van der Waals surface area contributed by atoms with E-state index in [-0.39, 0.29) is 15.5 Å². The summed E-state index contributed by atoms with van der Waals surface area (Å²) in [5.41, 5.74) is 2.39. The van der Waals surface area contributed by atoms with Crippen molar-refractivity contribution in [3.63, 3.8) is 0 Å². The van der Waals surface area contributed by atoms with E-state index in [2.05, 4.69) is 29.3 Å². The molecule has 1 aliphatic rings. The van der Waals surface area contributed by atoms with Gasteiger partial charge in [0.05, 0.1) is 15.5 Å². The Hall–Kier alpha value is -1.93. The van der Waals surface area contributed by atoms with Crippen LogP contribution in [0.5, 0.6) is 0 Å². The van der Waals surface area contributed by atoms with Crippen molar-refractivity contribution in [2.45, 2.75) is 51.6 Å². The first kappa shape index (κ1) is 25.7. The number of sulfonamides is 1. The highest BCUT2D eigenvalue weighted by Gasteiger charge is 2.24. The van der Waals surface area contributed by atoms with Crippen molar-refractivity contribution in [3.05, 3.63) is 64.2 Å². The van der Waals surface area contributed by atoms with Crippen LogP contribution < -0.4 is 5.32 Å². The number of halogens is 1. The van der Waals surface area contributed by atoms with E-state index in [4.69, 9.17) is 11.6 Å². The minimum atomic E-state index is -3.67. The molecule has 2 aromatic carbocycles. The average Bonchev–Trinajstić information content (AvgIpc) is 2.80. The molecule has 0 aromatic heterocycles. The highest BCUT2D eigenvalue weighted by atomic mass is 35.5. The second-order valence-electron chi connectivity index (χ2n) is 8.69. The Morgan fingerprint density at radius 2 is 1.67 bits per heavy atom. The van der Waals surface area contributed by atoms with E-state index in [0.717, 1.165) is 31.1 Å². The molecular formula is C25H34ClN3O3S. The molecule has 1 fully saturated rings. The fraction of sp³-hybridized carbons (Fsp3) is 0.480. The number of nitrogens with zero attached hydrogens (tertiary/aromatic N) is 2. The van der Waals surface area contributed by atoms with Crippen molar-refractivity contribution in [2.24, 2.45) is 5.92 Å². The number of hydrogen-bond donors (Lipinski definition) is 1. The maximum Gasteiger partial charge on any atom is 0.253 e. The summed E-state index contributed by atoms with van der Waals surface area (Å²) in [6.45, 7) is 10.2. The number of nitrogens with one attached hydrogen (secondary N) is 1. The molecule has 1 heterocycles. The third kappa shape index (κ3) is 6.57. The zero-order valence-corrected chi connectivity index (χ0v) is 21.3. The van der Waals surface area contributed by atoms with Crippen molar-refractivity contribution >= 4 is 27.5 Å². The molecule has 1 N–H and O–H groups in total. The quantitative estimate of drug-likeness (QED) is 0.559. The van der Waals surface area contributed by atoms with Crippen LogP contribution in [0.15, 0.2) is 47.4 Å². The van der Waals surface area contributed by atoms with E-state index in [1.165, 1.54) is 40.9 Å². The lowest BCUT2D eigenvalue weighted by Gasteiger charge is -2.30. The van der Waals surface area contributed by atoms with Gasteiger partial charge >= 0.3 is 0 Å². The van der Waals surface area contributed by atoms with Gasteiger partial charge in [0, 0.05) is 26.2 Å². The molecule has 1 aliphatic heterocycles. The molecule has 8 heteroatoms. The Morgan fingerprint density at radius 3 is 2.27 bits per heavy atom. The topological polar surface area (TPSA) is 69.7 Å². The summed E-state index contributed by atoms with van der Waals surface area (Å²) in [6, 6.07) is 12.5. The summed E-state index contributed by atoms with van der Waals surface area (Å²) < 4.78 is 26.9. The molecule has 6 nitrogen and oxygen atoms in total. The molecule has 2 aromatic rings. The van der Waals surface area contributed by atoms with Gasteiger partial charge in [0.15, 0.2) is 0 Å². The fourth-order valence-electron chi connectivity index (χ4n) is 4.07. The molecular weight excluding hydrogens is 458 g/mol. The number of amides is 1. The fourth-order valence-corrected chi connectivity index (χ4v) is 5.76. The van der Waals surface area contributed by atoms with Gasteiger partial charge in [-0.2, -0.15) is 4.31 Å². The molecule has 0 aliphatic carbocycles. The van der Waals surface area contributed by atoms with Gasteiger partial charge in [0.2, 0.25) is 10.0 Å². The summed E-state index contributed by atoms with van der Waals surface area (Å²) >= 11 is 6.22. The monoisotopic (exact) mass is 491 g/mol. The molecule has 0 atom stereocenters. The number of likely N-dealkylation sites (tertiary alicyclic amines) is 1. The van der Waals surface area contributed by atoms with Crippen LogP contribution in [0.25, 0.3) is 0 Å². The van der Waals surface area contributed by atoms with Gasteiger partial charge in [-0.15, -0.1) is 0 Å². The zero-order chi connectivity index (χ0) is 24.0. The molecule has 0 radical (unpaired) electrons. The first-order chi connectivity index (χ1) is 15.7. The number of benzene rings is 2. The smallest absolute Gasteiger partial charge is 0.253 e. The first-order valence-electron chi connectivity index (χ1n) is 11.6. The molecule has 0 saturated carbocycles. The Morgan fingerprint density at radius 1 is 1.06 bits per heavy atom. The normalized spacial score (nSPS) is 15.7. The van der Waals surface area contributed by atoms with Gasteiger partial charge in [0.1, 0.15) is 0 Å². The van der Waals surface area contributed by atoms with Gasteiger partial charge in [-0.1, -0.05) is 56.6 Å². The second-order valence-corrected chi connectivity index (χ2v) is 11.0. The van der Waals surface area contributed by atoms with Gasteiger partial charge in [-0.25, -0.2) is 8.42 Å². The number of carbonyl (C=O) groups excluding carboxylic acids is 1. The Kier molecular flexibility index (Phi) is 8.93. The maximum absolute atomic E-state index is 12.8. The predicted molar refractivity (Wildman–Crippen MR) is 133 cm³/mol. The van der Waals surface area contributed by atoms with E-state index in [0.29, 0.717) is 19.6 Å². The van der Waals surface area contributed by atoms with E-state index in [1.807, 2.05) is 12.1 Å². The lowest BCUT2D eigenvalue weighted by atomic mass is 9.99. The van der Waals surface area contributed by atoms with Crippen molar-refractivity contribution < 1.29 is 13.2 Å². The zero-order valence-electron chi connectivity index (χ0n) is 19.7. The standard InChI is InChI=1S/C25H34ClN3O3S/c1-4-29(5-2)33(31,32)22-10-11-24(26)23(16-22)25(30)27-17-20-6-8-21(9-7-20)18-28-14-12-19(3)13-15-28/h6-11,16,19H,4-5,12-15,17-18H2,1-3H3,(H,27,30). The molecule has 3 rings (SSSR count). The molecule has 33 heavy (non-hydrogen) atoms. The third-order valence-corrected chi connectivity index (χ3v) is 8.66. The minimum Gasteiger partial charge on any atom is -0.348 e. The number of piperidine rings is 1. The molecule has 0 unspecified atom stereocenters. The summed E-state index contributed by atoms with van der Waals surface area (Å²) in [5, 5.41) is 3.08. The first-order valence-corrected chi connectivity index (χ1v) is 13.4. The molecule has 1 saturated heterocycles. The molecule has 1 amide bonds. The van der Waals surface area contributed by atoms with Crippen LogP contribution in [0.1, 0.15) is 55.1 Å². The van der Waals surface area contributed by atoms with Gasteiger partial charge < -0.3 is 5.32 Å². The van der Waals surface area contributed by atoms with Crippen molar-refractivity contribution in [1.29, 1.82) is 0 Å². The summed E-state index contributed by atoms with van der Waals surface area (Å²) in [5.74, 6) is 0.418. The molecule has 0 bridgehead atoms. The summed E-state index contributed by atoms with van der Waals surface area (Å²) in [7, 11) is -3.67. The van der Waals surface area contributed by atoms with Crippen LogP contribution in [0, 0.1) is 5.92 Å². The van der Waals surface area contributed by atoms with Crippen LogP contribution in [-0.2, 0) is 23.1 Å². The van der Waals surface area contributed by atoms with Crippen LogP contribution in [0.3, 0.4) is 0 Å². The van der Waals surface area contributed by atoms with Gasteiger partial charge in [-0.05, 0) is 61.2 Å². The number of rotatable bonds is 9. The highest BCUT2D eigenvalue weighted by Crippen LogP contribution is 2.23. The Bertz CT molecular complexity index is 1050. The van der Waals surface area contributed by atoms with E-state index in [1.54, 1.807) is 13.8 Å². The largest absolute Gasteiger partial charge is 0.348 e. The third-order valence-electron chi connectivity index (χ3n) is 6.28. The summed E-state index contributed by atoms with van der Waals surface area (Å²) in [4.78, 5) is 15.3. The summed E-state index contributed by atoms with van der Waals surface area (Å²) in [6.07, 6.45) is 2.51.